The molecule has 0 unspecified atom stereocenters. The van der Waals surface area contributed by atoms with Gasteiger partial charge >= 0.3 is 5.97 Å². The van der Waals surface area contributed by atoms with E-state index in [1.165, 1.54) is 0 Å². The molecule has 2 atom stereocenters. The molecule has 0 spiro atoms. The predicted octanol–water partition coefficient (Wildman–Crippen LogP) is -0.404. The van der Waals surface area contributed by atoms with Crippen LogP contribution in [0.15, 0.2) is 0 Å². The van der Waals surface area contributed by atoms with Crippen LogP contribution in [0.25, 0.3) is 0 Å². The van der Waals surface area contributed by atoms with E-state index in [-0.39, 0.29) is 11.8 Å². The lowest BCUT2D eigenvalue weighted by Crippen LogP contribution is -2.61. The summed E-state index contributed by atoms with van der Waals surface area (Å²) in [6.07, 6.45) is 0.600. The first-order valence-corrected chi connectivity index (χ1v) is 3.20. The van der Waals surface area contributed by atoms with Gasteiger partial charge in [-0.1, -0.05) is 6.92 Å². The van der Waals surface area contributed by atoms with Gasteiger partial charge in [0.1, 0.15) is 6.04 Å². The molecule has 56 valence electrons. The quantitative estimate of drug-likeness (QED) is 0.517. The van der Waals surface area contributed by atoms with E-state index in [2.05, 4.69) is 5.32 Å². The topological polar surface area (TPSA) is 66.4 Å². The summed E-state index contributed by atoms with van der Waals surface area (Å²) in [4.78, 5) is 20.9. The summed E-state index contributed by atoms with van der Waals surface area (Å²) < 4.78 is 0. The highest BCUT2D eigenvalue weighted by atomic mass is 16.4. The van der Waals surface area contributed by atoms with Crippen molar-refractivity contribution in [2.75, 3.05) is 0 Å². The van der Waals surface area contributed by atoms with Crippen molar-refractivity contribution in [3.63, 3.8) is 0 Å². The summed E-state index contributed by atoms with van der Waals surface area (Å²) in [6, 6.07) is -0.641. The molecule has 1 fully saturated rings. The van der Waals surface area contributed by atoms with Gasteiger partial charge in [-0.3, -0.25) is 4.79 Å². The summed E-state index contributed by atoms with van der Waals surface area (Å²) in [5, 5.41) is 10.7. The molecule has 0 bridgehead atoms. The minimum atomic E-state index is -0.938. The number of amides is 1. The zero-order valence-corrected chi connectivity index (χ0v) is 5.63. The van der Waals surface area contributed by atoms with E-state index in [1.807, 2.05) is 0 Å². The molecule has 1 aliphatic heterocycles. The Morgan fingerprint density at radius 2 is 2.40 bits per heavy atom. The molecule has 1 saturated heterocycles. The molecule has 10 heavy (non-hydrogen) atoms. The molecule has 0 aromatic rings. The monoisotopic (exact) mass is 143 g/mol. The van der Waals surface area contributed by atoms with E-state index >= 15 is 0 Å². The molecule has 0 aromatic carbocycles. The number of β-lactam (4-membered cyclic amide) rings is 1. The standard InChI is InChI=1S/C6H9NO3/c1-2-3-4(6(9)10)7-5(3)8/h3-4H,2H2,1H3,(H,7,8)(H,9,10)/t3-,4-/m0/s1. The molecule has 4 heteroatoms. The molecule has 0 radical (unpaired) electrons. The largest absolute Gasteiger partial charge is 0.480 e. The van der Waals surface area contributed by atoms with Crippen molar-refractivity contribution in [3.05, 3.63) is 0 Å². The van der Waals surface area contributed by atoms with Crippen LogP contribution in [0.5, 0.6) is 0 Å². The molecule has 1 aliphatic rings. The molecular formula is C6H9NO3. The van der Waals surface area contributed by atoms with Crippen molar-refractivity contribution in [2.45, 2.75) is 19.4 Å². The second kappa shape index (κ2) is 2.28. The predicted molar refractivity (Wildman–Crippen MR) is 33.3 cm³/mol. The Kier molecular flexibility index (Phi) is 1.61. The molecule has 1 amide bonds. The fraction of sp³-hybridized carbons (Fsp3) is 0.667. The molecule has 4 nitrogen and oxygen atoms in total. The van der Waals surface area contributed by atoms with Crippen LogP contribution in [0.2, 0.25) is 0 Å². The SMILES string of the molecule is CC[C@@H]1C(=O)N[C@@H]1C(=O)O. The van der Waals surface area contributed by atoms with Crippen LogP contribution in [0.1, 0.15) is 13.3 Å². The maximum Gasteiger partial charge on any atom is 0.327 e. The Labute approximate surface area is 58.2 Å². The van der Waals surface area contributed by atoms with Crippen LogP contribution >= 0.6 is 0 Å². The van der Waals surface area contributed by atoms with Gasteiger partial charge in [-0.25, -0.2) is 4.79 Å². The fourth-order valence-corrected chi connectivity index (χ4v) is 1.07. The Morgan fingerprint density at radius 3 is 2.60 bits per heavy atom. The number of carbonyl (C=O) groups is 2. The maximum atomic E-state index is 10.6. The number of nitrogens with one attached hydrogen (secondary N) is 1. The van der Waals surface area contributed by atoms with Gasteiger partial charge in [0.15, 0.2) is 0 Å². The first-order chi connectivity index (χ1) is 4.66. The van der Waals surface area contributed by atoms with Crippen molar-refractivity contribution in [1.82, 2.24) is 5.32 Å². The second-order valence-electron chi connectivity index (χ2n) is 2.34. The summed E-state index contributed by atoms with van der Waals surface area (Å²) in [7, 11) is 0. The van der Waals surface area contributed by atoms with Crippen LogP contribution in [0, 0.1) is 5.92 Å². The van der Waals surface area contributed by atoms with Crippen LogP contribution in [-0.4, -0.2) is 23.0 Å². The van der Waals surface area contributed by atoms with Gasteiger partial charge in [-0.15, -0.1) is 0 Å². The number of hydrogen-bond donors (Lipinski definition) is 2. The lowest BCUT2D eigenvalue weighted by molar-refractivity contribution is -0.153. The number of hydrogen-bond acceptors (Lipinski definition) is 2. The molecular weight excluding hydrogens is 134 g/mol. The number of carboxylic acid groups (broad SMARTS) is 1. The third-order valence-electron chi connectivity index (χ3n) is 1.74. The third-order valence-corrected chi connectivity index (χ3v) is 1.74. The van der Waals surface area contributed by atoms with Gasteiger partial charge in [-0.05, 0) is 6.42 Å². The van der Waals surface area contributed by atoms with Gasteiger partial charge in [0.2, 0.25) is 5.91 Å². The molecule has 0 aliphatic carbocycles. The number of rotatable bonds is 2. The number of carbonyl (C=O) groups excluding carboxylic acids is 1. The van der Waals surface area contributed by atoms with Gasteiger partial charge in [0.25, 0.3) is 0 Å². The molecule has 0 saturated carbocycles. The van der Waals surface area contributed by atoms with E-state index in [1.54, 1.807) is 6.92 Å². The van der Waals surface area contributed by atoms with Crippen LogP contribution in [0.3, 0.4) is 0 Å². The molecule has 1 rings (SSSR count). The lowest BCUT2D eigenvalue weighted by atomic mass is 9.88. The van der Waals surface area contributed by atoms with Gasteiger partial charge in [0.05, 0.1) is 5.92 Å². The summed E-state index contributed by atoms with van der Waals surface area (Å²) >= 11 is 0. The van der Waals surface area contributed by atoms with Crippen molar-refractivity contribution in [1.29, 1.82) is 0 Å². The van der Waals surface area contributed by atoms with Crippen molar-refractivity contribution >= 4 is 11.9 Å². The van der Waals surface area contributed by atoms with Crippen LogP contribution in [0.4, 0.5) is 0 Å². The number of carboxylic acids is 1. The minimum absolute atomic E-state index is 0.144. The van der Waals surface area contributed by atoms with Crippen molar-refractivity contribution in [2.24, 2.45) is 5.92 Å². The Hall–Kier alpha value is -1.06. The Bertz CT molecular complexity index is 170. The zero-order valence-electron chi connectivity index (χ0n) is 5.63. The first kappa shape index (κ1) is 7.05. The highest BCUT2D eigenvalue weighted by Gasteiger charge is 2.42. The highest BCUT2D eigenvalue weighted by molar-refractivity contribution is 5.96. The van der Waals surface area contributed by atoms with E-state index in [0.29, 0.717) is 6.42 Å². The highest BCUT2D eigenvalue weighted by Crippen LogP contribution is 2.18. The smallest absolute Gasteiger partial charge is 0.327 e. The lowest BCUT2D eigenvalue weighted by Gasteiger charge is -2.32. The average molecular weight is 143 g/mol. The normalized spacial score (nSPS) is 30.7. The molecule has 1 heterocycles. The van der Waals surface area contributed by atoms with Gasteiger partial charge < -0.3 is 10.4 Å². The Balaban J connectivity index is 2.53. The Morgan fingerprint density at radius 1 is 1.80 bits per heavy atom. The second-order valence-corrected chi connectivity index (χ2v) is 2.34. The summed E-state index contributed by atoms with van der Waals surface area (Å²) in [6.45, 7) is 1.80. The summed E-state index contributed by atoms with van der Waals surface area (Å²) in [5.74, 6) is -1.39. The molecule has 0 aromatic heterocycles. The fourth-order valence-electron chi connectivity index (χ4n) is 1.07. The van der Waals surface area contributed by atoms with Crippen LogP contribution < -0.4 is 5.32 Å². The van der Waals surface area contributed by atoms with E-state index in [0.717, 1.165) is 0 Å². The first-order valence-electron chi connectivity index (χ1n) is 3.20. The third kappa shape index (κ3) is 0.853. The van der Waals surface area contributed by atoms with Gasteiger partial charge in [-0.2, -0.15) is 0 Å². The summed E-state index contributed by atoms with van der Waals surface area (Å²) in [5.41, 5.74) is 0. The minimum Gasteiger partial charge on any atom is -0.480 e. The van der Waals surface area contributed by atoms with Crippen molar-refractivity contribution < 1.29 is 14.7 Å². The van der Waals surface area contributed by atoms with Gasteiger partial charge in [0, 0.05) is 0 Å². The molecule has 2 N–H and O–H groups in total. The van der Waals surface area contributed by atoms with Crippen LogP contribution in [-0.2, 0) is 9.59 Å². The average Bonchev–Trinajstić information content (AvgIpc) is 1.83. The van der Waals surface area contributed by atoms with E-state index < -0.39 is 12.0 Å². The van der Waals surface area contributed by atoms with Crippen molar-refractivity contribution in [3.8, 4) is 0 Å². The van der Waals surface area contributed by atoms with E-state index in [9.17, 15) is 9.59 Å². The zero-order chi connectivity index (χ0) is 7.72. The van der Waals surface area contributed by atoms with E-state index in [4.69, 9.17) is 5.11 Å². The number of aliphatic carboxylic acids is 1. The maximum absolute atomic E-state index is 10.6.